The third kappa shape index (κ3) is 5.48. The van der Waals surface area contributed by atoms with Crippen molar-refractivity contribution in [2.24, 2.45) is 0 Å². The summed E-state index contributed by atoms with van der Waals surface area (Å²) in [7, 11) is -3.07. The molecule has 0 saturated heterocycles. The van der Waals surface area contributed by atoms with Crippen LogP contribution in [0, 0.1) is 0 Å². The normalized spacial score (nSPS) is 11.6. The van der Waals surface area contributed by atoms with E-state index < -0.39 is 7.14 Å². The molecule has 0 amide bonds. The van der Waals surface area contributed by atoms with Crippen LogP contribution in [0.4, 0.5) is 0 Å². The Bertz CT molecular complexity index is 2650. The van der Waals surface area contributed by atoms with E-state index in [-0.39, 0.29) is 0 Å². The molecule has 0 N–H and O–H groups in total. The van der Waals surface area contributed by atoms with Crippen LogP contribution in [0.1, 0.15) is 0 Å². The standard InChI is InChI=1S/C45H30N3OPS/c49-50(34-16-3-1-4-17-34,35-18-5-2-6-19-35)36-26-24-31(25-27-36)32-14-13-15-33(30-32)43-42-41(39-22-9-11-28-46-39)45(40-23-10-12-29-47-40)51-44(42)37-20-7-8-21-38(37)48-43/h1-30H. The number of aromatic nitrogens is 3. The Labute approximate surface area is 300 Å². The molecule has 6 heteroatoms. The fraction of sp³-hybridized carbons (Fsp3) is 0. The zero-order valence-electron chi connectivity index (χ0n) is 27.4. The summed E-state index contributed by atoms with van der Waals surface area (Å²) in [6.45, 7) is 0. The molecule has 242 valence electrons. The minimum atomic E-state index is -3.07. The molecule has 5 aromatic carbocycles. The highest BCUT2D eigenvalue weighted by atomic mass is 32.1. The summed E-state index contributed by atoms with van der Waals surface area (Å²) in [6, 6.07) is 56.8. The second-order valence-electron chi connectivity index (χ2n) is 12.3. The zero-order valence-corrected chi connectivity index (χ0v) is 29.1. The Morgan fingerprint density at radius 2 is 1.08 bits per heavy atom. The highest BCUT2D eigenvalue weighted by molar-refractivity contribution is 7.85. The summed E-state index contributed by atoms with van der Waals surface area (Å²) < 4.78 is 16.1. The maximum atomic E-state index is 15.0. The Balaban J connectivity index is 1.21. The van der Waals surface area contributed by atoms with E-state index in [1.807, 2.05) is 116 Å². The lowest BCUT2D eigenvalue weighted by Gasteiger charge is -2.20. The molecule has 0 atom stereocenters. The molecule has 4 heterocycles. The van der Waals surface area contributed by atoms with E-state index in [1.54, 1.807) is 11.3 Å². The molecular weight excluding hydrogens is 662 g/mol. The van der Waals surface area contributed by atoms with Gasteiger partial charge in [0.05, 0.1) is 27.5 Å². The monoisotopic (exact) mass is 691 g/mol. The van der Waals surface area contributed by atoms with Crippen molar-refractivity contribution in [2.75, 3.05) is 0 Å². The topological polar surface area (TPSA) is 55.7 Å². The number of thiophene rings is 1. The van der Waals surface area contributed by atoms with E-state index in [0.29, 0.717) is 0 Å². The number of hydrogen-bond acceptors (Lipinski definition) is 5. The minimum Gasteiger partial charge on any atom is -0.309 e. The van der Waals surface area contributed by atoms with Crippen molar-refractivity contribution in [3.8, 4) is 44.2 Å². The average molecular weight is 692 g/mol. The Kier molecular flexibility index (Phi) is 7.93. The van der Waals surface area contributed by atoms with Crippen LogP contribution < -0.4 is 15.9 Å². The van der Waals surface area contributed by atoms with Crippen LogP contribution in [0.3, 0.4) is 0 Å². The zero-order chi connectivity index (χ0) is 34.2. The number of fused-ring (bicyclic) bond motifs is 3. The van der Waals surface area contributed by atoms with E-state index in [9.17, 15) is 4.57 Å². The smallest absolute Gasteiger partial charge is 0.171 e. The van der Waals surface area contributed by atoms with Crippen LogP contribution in [0.15, 0.2) is 182 Å². The first-order chi connectivity index (χ1) is 25.2. The first-order valence-corrected chi connectivity index (χ1v) is 19.3. The van der Waals surface area contributed by atoms with Crippen LogP contribution >= 0.6 is 18.5 Å². The summed E-state index contributed by atoms with van der Waals surface area (Å²) >= 11 is 1.74. The lowest BCUT2D eigenvalue weighted by molar-refractivity contribution is 0.592. The Hall–Kier alpha value is -6.00. The molecule has 0 aliphatic carbocycles. The van der Waals surface area contributed by atoms with Crippen molar-refractivity contribution < 1.29 is 4.57 Å². The van der Waals surface area contributed by atoms with Gasteiger partial charge in [0.1, 0.15) is 0 Å². The molecule has 0 bridgehead atoms. The molecular formula is C45H30N3OPS. The van der Waals surface area contributed by atoms with E-state index in [4.69, 9.17) is 15.0 Å². The van der Waals surface area contributed by atoms with Crippen molar-refractivity contribution in [3.63, 3.8) is 0 Å². The lowest BCUT2D eigenvalue weighted by atomic mass is 9.96. The van der Waals surface area contributed by atoms with Gasteiger partial charge in [-0.05, 0) is 47.5 Å². The molecule has 51 heavy (non-hydrogen) atoms. The van der Waals surface area contributed by atoms with Gasteiger partial charge in [0.2, 0.25) is 0 Å². The largest absolute Gasteiger partial charge is 0.309 e. The maximum Gasteiger partial charge on any atom is 0.171 e. The molecule has 0 aliphatic heterocycles. The molecule has 0 aliphatic rings. The minimum absolute atomic E-state index is 0.804. The summed E-state index contributed by atoms with van der Waals surface area (Å²) in [5, 5.41) is 4.62. The maximum absolute atomic E-state index is 15.0. The predicted octanol–water partition coefficient (Wildman–Crippen LogP) is 10.5. The van der Waals surface area contributed by atoms with E-state index >= 15 is 0 Å². The van der Waals surface area contributed by atoms with Crippen molar-refractivity contribution >= 4 is 55.4 Å². The van der Waals surface area contributed by atoms with Crippen molar-refractivity contribution in [3.05, 3.63) is 182 Å². The van der Waals surface area contributed by atoms with Crippen LogP contribution in [-0.2, 0) is 4.57 Å². The molecule has 0 fully saturated rings. The van der Waals surface area contributed by atoms with Gasteiger partial charge in [-0.25, -0.2) is 4.98 Å². The van der Waals surface area contributed by atoms with Gasteiger partial charge < -0.3 is 4.57 Å². The number of pyridine rings is 3. The highest BCUT2D eigenvalue weighted by Crippen LogP contribution is 2.49. The van der Waals surface area contributed by atoms with Crippen molar-refractivity contribution in [2.45, 2.75) is 0 Å². The molecule has 0 saturated carbocycles. The molecule has 4 aromatic heterocycles. The molecule has 4 nitrogen and oxygen atoms in total. The SMILES string of the molecule is O=P(c1ccccc1)(c1ccccc1)c1ccc(-c2cccc(-c3nc4ccccc4c4sc(-c5ccccn5)c(-c5ccccn5)c34)c2)cc1. The molecule has 9 rings (SSSR count). The third-order valence-electron chi connectivity index (χ3n) is 9.28. The second kappa shape index (κ2) is 13.0. The summed E-state index contributed by atoms with van der Waals surface area (Å²) in [5.41, 5.74) is 7.77. The van der Waals surface area contributed by atoms with E-state index in [2.05, 4.69) is 66.7 Å². The first-order valence-electron chi connectivity index (χ1n) is 16.8. The summed E-state index contributed by atoms with van der Waals surface area (Å²) in [6.07, 6.45) is 3.68. The van der Waals surface area contributed by atoms with E-state index in [0.717, 1.165) is 81.1 Å². The summed E-state index contributed by atoms with van der Waals surface area (Å²) in [4.78, 5) is 16.0. The first kappa shape index (κ1) is 31.0. The fourth-order valence-electron chi connectivity index (χ4n) is 6.86. The lowest BCUT2D eigenvalue weighted by Crippen LogP contribution is -2.24. The molecule has 0 unspecified atom stereocenters. The van der Waals surface area contributed by atoms with Crippen molar-refractivity contribution in [1.29, 1.82) is 0 Å². The third-order valence-corrected chi connectivity index (χ3v) is 13.6. The summed E-state index contributed by atoms with van der Waals surface area (Å²) in [5.74, 6) is 0. The van der Waals surface area contributed by atoms with Gasteiger partial charge in [-0.15, -0.1) is 11.3 Å². The van der Waals surface area contributed by atoms with Gasteiger partial charge in [0.15, 0.2) is 7.14 Å². The van der Waals surface area contributed by atoms with E-state index in [1.165, 1.54) is 0 Å². The van der Waals surface area contributed by atoms with Gasteiger partial charge in [-0.3, -0.25) is 9.97 Å². The average Bonchev–Trinajstić information content (AvgIpc) is 3.63. The predicted molar refractivity (Wildman–Crippen MR) is 214 cm³/mol. The van der Waals surface area contributed by atoms with Gasteiger partial charge in [-0.1, -0.05) is 133 Å². The van der Waals surface area contributed by atoms with Crippen LogP contribution in [0.5, 0.6) is 0 Å². The van der Waals surface area contributed by atoms with Gasteiger partial charge in [0.25, 0.3) is 0 Å². The number of nitrogens with zero attached hydrogens (tertiary/aromatic N) is 3. The number of hydrogen-bond donors (Lipinski definition) is 0. The van der Waals surface area contributed by atoms with Crippen LogP contribution in [-0.4, -0.2) is 15.0 Å². The van der Waals surface area contributed by atoms with Crippen molar-refractivity contribution in [1.82, 2.24) is 15.0 Å². The number of rotatable bonds is 7. The van der Waals surface area contributed by atoms with Gasteiger partial charge in [0, 0.05) is 54.9 Å². The number of para-hydroxylation sites is 1. The van der Waals surface area contributed by atoms with Crippen LogP contribution in [0.25, 0.3) is 65.2 Å². The fourth-order valence-corrected chi connectivity index (χ4v) is 10.8. The van der Waals surface area contributed by atoms with Crippen LogP contribution in [0.2, 0.25) is 0 Å². The number of benzene rings is 5. The Morgan fingerprint density at radius 3 is 1.75 bits per heavy atom. The van der Waals surface area contributed by atoms with Gasteiger partial charge in [-0.2, -0.15) is 0 Å². The molecule has 9 aromatic rings. The molecule has 0 spiro atoms. The van der Waals surface area contributed by atoms with Gasteiger partial charge >= 0.3 is 0 Å². The highest BCUT2D eigenvalue weighted by Gasteiger charge is 2.29. The Morgan fingerprint density at radius 1 is 0.490 bits per heavy atom. The molecule has 0 radical (unpaired) electrons. The second-order valence-corrected chi connectivity index (χ2v) is 16.1. The quantitative estimate of drug-likeness (QED) is 0.156.